The number of hydrogen-bond acceptors (Lipinski definition) is 7. The van der Waals surface area contributed by atoms with Crippen LogP contribution in [0.5, 0.6) is 6.01 Å². The Kier molecular flexibility index (Phi) is 4.29. The van der Waals surface area contributed by atoms with Gasteiger partial charge in [-0.2, -0.15) is 20.2 Å². The number of nitrogens with two attached hydrogens (primary N) is 1. The van der Waals surface area contributed by atoms with Crippen molar-refractivity contribution in [2.24, 2.45) is 0 Å². The Morgan fingerprint density at radius 3 is 2.95 bits per heavy atom. The third kappa shape index (κ3) is 3.55. The molecule has 0 radical (unpaired) electrons. The molecule has 7 nitrogen and oxygen atoms in total. The number of nitrogens with one attached hydrogen (secondary N) is 1. The van der Waals surface area contributed by atoms with E-state index in [1.54, 1.807) is 12.1 Å². The van der Waals surface area contributed by atoms with Crippen molar-refractivity contribution in [1.29, 1.82) is 5.26 Å². The van der Waals surface area contributed by atoms with Gasteiger partial charge in [-0.25, -0.2) is 0 Å². The van der Waals surface area contributed by atoms with Gasteiger partial charge in [0.15, 0.2) is 0 Å². The molecule has 2 aromatic rings. The SMILES string of the molecule is CCOc1nc(N)nc(NCc2cccc(C#N)c2)n1. The molecule has 0 atom stereocenters. The molecular weight excluding hydrogens is 256 g/mol. The van der Waals surface area contributed by atoms with Crippen LogP contribution in [0.4, 0.5) is 11.9 Å². The molecule has 0 bridgehead atoms. The highest BCUT2D eigenvalue weighted by Crippen LogP contribution is 2.11. The lowest BCUT2D eigenvalue weighted by atomic mass is 10.1. The number of ether oxygens (including phenoxy) is 1. The first-order chi connectivity index (χ1) is 9.71. The van der Waals surface area contributed by atoms with E-state index in [2.05, 4.69) is 26.3 Å². The maximum atomic E-state index is 8.84. The molecular formula is C13H14N6O. The van der Waals surface area contributed by atoms with Crippen molar-refractivity contribution < 1.29 is 4.74 Å². The van der Waals surface area contributed by atoms with Gasteiger partial charge in [0.25, 0.3) is 0 Å². The van der Waals surface area contributed by atoms with Gasteiger partial charge >= 0.3 is 6.01 Å². The Morgan fingerprint density at radius 2 is 2.20 bits per heavy atom. The van der Waals surface area contributed by atoms with E-state index in [0.29, 0.717) is 24.7 Å². The summed E-state index contributed by atoms with van der Waals surface area (Å²) in [5.41, 5.74) is 7.13. The summed E-state index contributed by atoms with van der Waals surface area (Å²) in [7, 11) is 0. The van der Waals surface area contributed by atoms with Gasteiger partial charge < -0.3 is 15.8 Å². The van der Waals surface area contributed by atoms with E-state index in [1.165, 1.54) is 0 Å². The van der Waals surface area contributed by atoms with Gasteiger partial charge in [0, 0.05) is 6.54 Å². The van der Waals surface area contributed by atoms with Crippen LogP contribution in [-0.2, 0) is 6.54 Å². The van der Waals surface area contributed by atoms with Crippen LogP contribution in [0.2, 0.25) is 0 Å². The molecule has 0 unspecified atom stereocenters. The van der Waals surface area contributed by atoms with Crippen LogP contribution in [0.15, 0.2) is 24.3 Å². The number of hydrogen-bond donors (Lipinski definition) is 2. The van der Waals surface area contributed by atoms with Crippen LogP contribution < -0.4 is 15.8 Å². The Balaban J connectivity index is 2.08. The fraction of sp³-hybridized carbons (Fsp3) is 0.231. The van der Waals surface area contributed by atoms with Crippen LogP contribution in [0.25, 0.3) is 0 Å². The zero-order valence-electron chi connectivity index (χ0n) is 11.0. The van der Waals surface area contributed by atoms with Crippen molar-refractivity contribution in [3.05, 3.63) is 35.4 Å². The monoisotopic (exact) mass is 270 g/mol. The maximum absolute atomic E-state index is 8.84. The summed E-state index contributed by atoms with van der Waals surface area (Å²) in [4.78, 5) is 11.9. The molecule has 0 fully saturated rings. The molecule has 0 aliphatic carbocycles. The molecule has 0 aliphatic rings. The number of nitrogens with zero attached hydrogens (tertiary/aromatic N) is 4. The predicted molar refractivity (Wildman–Crippen MR) is 73.9 cm³/mol. The third-order valence-corrected chi connectivity index (χ3v) is 2.41. The van der Waals surface area contributed by atoms with Crippen LogP contribution >= 0.6 is 0 Å². The molecule has 1 heterocycles. The first-order valence-electron chi connectivity index (χ1n) is 6.08. The second-order valence-corrected chi connectivity index (χ2v) is 3.90. The first-order valence-corrected chi connectivity index (χ1v) is 6.08. The van der Waals surface area contributed by atoms with Crippen molar-refractivity contribution in [3.8, 4) is 12.1 Å². The largest absolute Gasteiger partial charge is 0.464 e. The van der Waals surface area contributed by atoms with Gasteiger partial charge in [-0.05, 0) is 24.6 Å². The van der Waals surface area contributed by atoms with Crippen LogP contribution in [0.1, 0.15) is 18.1 Å². The number of nitriles is 1. The highest BCUT2D eigenvalue weighted by molar-refractivity contribution is 5.37. The topological polar surface area (TPSA) is 110 Å². The molecule has 1 aromatic heterocycles. The Hall–Kier alpha value is -2.88. The smallest absolute Gasteiger partial charge is 0.323 e. The second kappa shape index (κ2) is 6.33. The van der Waals surface area contributed by atoms with Gasteiger partial charge in [-0.15, -0.1) is 0 Å². The predicted octanol–water partition coefficient (Wildman–Crippen LogP) is 1.34. The minimum absolute atomic E-state index is 0.0942. The van der Waals surface area contributed by atoms with Crippen molar-refractivity contribution in [3.63, 3.8) is 0 Å². The van der Waals surface area contributed by atoms with Gasteiger partial charge in [-0.3, -0.25) is 0 Å². The van der Waals surface area contributed by atoms with Gasteiger partial charge in [0.1, 0.15) is 0 Å². The maximum Gasteiger partial charge on any atom is 0.323 e. The average molecular weight is 270 g/mol. The van der Waals surface area contributed by atoms with E-state index in [1.807, 2.05) is 19.1 Å². The summed E-state index contributed by atoms with van der Waals surface area (Å²) in [5, 5.41) is 11.9. The van der Waals surface area contributed by atoms with Gasteiger partial charge in [-0.1, -0.05) is 12.1 Å². The number of aromatic nitrogens is 3. The van der Waals surface area contributed by atoms with Crippen molar-refractivity contribution in [2.75, 3.05) is 17.7 Å². The number of nitrogen functional groups attached to an aromatic ring is 1. The van der Waals surface area contributed by atoms with Crippen LogP contribution in [0, 0.1) is 11.3 Å². The quantitative estimate of drug-likeness (QED) is 0.843. The standard InChI is InChI=1S/C13H14N6O/c1-2-20-13-18-11(15)17-12(19-13)16-8-10-5-3-4-9(6-10)7-14/h3-6H,2,8H2,1H3,(H3,15,16,17,18,19). The average Bonchev–Trinajstić information content (AvgIpc) is 2.45. The molecule has 0 spiro atoms. The summed E-state index contributed by atoms with van der Waals surface area (Å²) in [5.74, 6) is 0.431. The molecule has 0 saturated carbocycles. The summed E-state index contributed by atoms with van der Waals surface area (Å²) in [6.07, 6.45) is 0. The summed E-state index contributed by atoms with van der Waals surface area (Å²) in [6, 6.07) is 9.55. The summed E-state index contributed by atoms with van der Waals surface area (Å²) >= 11 is 0. The lowest BCUT2D eigenvalue weighted by Gasteiger charge is -2.07. The number of rotatable bonds is 5. The normalized spacial score (nSPS) is 9.80. The third-order valence-electron chi connectivity index (χ3n) is 2.41. The van der Waals surface area contributed by atoms with Gasteiger partial charge in [0.05, 0.1) is 18.2 Å². The van der Waals surface area contributed by atoms with E-state index in [-0.39, 0.29) is 12.0 Å². The fourth-order valence-corrected chi connectivity index (χ4v) is 1.58. The van der Waals surface area contributed by atoms with Gasteiger partial charge in [0.2, 0.25) is 11.9 Å². The zero-order chi connectivity index (χ0) is 14.4. The van der Waals surface area contributed by atoms with Crippen molar-refractivity contribution in [2.45, 2.75) is 13.5 Å². The molecule has 0 aliphatic heterocycles. The summed E-state index contributed by atoms with van der Waals surface area (Å²) in [6.45, 7) is 2.76. The van der Waals surface area contributed by atoms with Crippen LogP contribution in [-0.4, -0.2) is 21.6 Å². The minimum atomic E-state index is 0.0942. The van der Waals surface area contributed by atoms with E-state index < -0.39 is 0 Å². The first kappa shape index (κ1) is 13.5. The molecule has 2 rings (SSSR count). The Labute approximate surface area is 116 Å². The Morgan fingerprint density at radius 1 is 1.35 bits per heavy atom. The molecule has 0 saturated heterocycles. The van der Waals surface area contributed by atoms with E-state index in [9.17, 15) is 0 Å². The zero-order valence-corrected chi connectivity index (χ0v) is 11.0. The second-order valence-electron chi connectivity index (χ2n) is 3.90. The molecule has 0 amide bonds. The highest BCUT2D eigenvalue weighted by Gasteiger charge is 2.05. The molecule has 102 valence electrons. The van der Waals surface area contributed by atoms with E-state index in [4.69, 9.17) is 15.7 Å². The molecule has 7 heteroatoms. The van der Waals surface area contributed by atoms with Crippen molar-refractivity contribution >= 4 is 11.9 Å². The minimum Gasteiger partial charge on any atom is -0.464 e. The van der Waals surface area contributed by atoms with Crippen LogP contribution in [0.3, 0.4) is 0 Å². The lowest BCUT2D eigenvalue weighted by Crippen LogP contribution is -2.09. The fourth-order valence-electron chi connectivity index (χ4n) is 1.58. The van der Waals surface area contributed by atoms with E-state index >= 15 is 0 Å². The molecule has 1 aromatic carbocycles. The summed E-state index contributed by atoms with van der Waals surface area (Å²) < 4.78 is 5.19. The van der Waals surface area contributed by atoms with Crippen molar-refractivity contribution in [1.82, 2.24) is 15.0 Å². The number of anilines is 2. The number of benzene rings is 1. The Bertz CT molecular complexity index is 637. The molecule has 20 heavy (non-hydrogen) atoms. The highest BCUT2D eigenvalue weighted by atomic mass is 16.5. The lowest BCUT2D eigenvalue weighted by molar-refractivity contribution is 0.312. The van der Waals surface area contributed by atoms with E-state index in [0.717, 1.165) is 5.56 Å². The molecule has 3 N–H and O–H groups in total.